The standard InChI is InChI=1S/C7H14N4O2S/c1-11(2)4-3-10-14(12,13)7-5-8-6-9-7/h5-6,10H,3-4H2,1-2H3,(H,8,9). The number of H-pyrrole nitrogens is 1. The summed E-state index contributed by atoms with van der Waals surface area (Å²) in [5.41, 5.74) is 0. The molecule has 0 atom stereocenters. The summed E-state index contributed by atoms with van der Waals surface area (Å²) in [7, 11) is 0.352. The number of nitrogens with one attached hydrogen (secondary N) is 2. The first kappa shape index (κ1) is 11.2. The number of nitrogens with zero attached hydrogens (tertiary/aromatic N) is 2. The van der Waals surface area contributed by atoms with Crippen LogP contribution in [0.1, 0.15) is 0 Å². The Morgan fingerprint density at radius 1 is 1.57 bits per heavy atom. The summed E-state index contributed by atoms with van der Waals surface area (Å²) in [6, 6.07) is 0. The van der Waals surface area contributed by atoms with Crippen molar-refractivity contribution in [2.24, 2.45) is 0 Å². The second-order valence-electron chi connectivity index (χ2n) is 3.12. The predicted octanol–water partition coefficient (Wildman–Crippen LogP) is -0.750. The average Bonchev–Trinajstić information content (AvgIpc) is 2.54. The van der Waals surface area contributed by atoms with Gasteiger partial charge in [0.2, 0.25) is 0 Å². The zero-order valence-corrected chi connectivity index (χ0v) is 9.00. The van der Waals surface area contributed by atoms with E-state index in [2.05, 4.69) is 14.7 Å². The van der Waals surface area contributed by atoms with E-state index in [0.29, 0.717) is 13.1 Å². The van der Waals surface area contributed by atoms with E-state index in [1.165, 1.54) is 12.5 Å². The Morgan fingerprint density at radius 3 is 2.79 bits per heavy atom. The van der Waals surface area contributed by atoms with E-state index in [-0.39, 0.29) is 5.03 Å². The van der Waals surface area contributed by atoms with Gasteiger partial charge in [-0.2, -0.15) is 0 Å². The van der Waals surface area contributed by atoms with E-state index < -0.39 is 10.0 Å². The first-order chi connectivity index (χ1) is 6.52. The van der Waals surface area contributed by atoms with Gasteiger partial charge >= 0.3 is 0 Å². The molecule has 0 saturated carbocycles. The number of hydrogen-bond acceptors (Lipinski definition) is 4. The van der Waals surface area contributed by atoms with Crippen LogP contribution in [0.5, 0.6) is 0 Å². The summed E-state index contributed by atoms with van der Waals surface area (Å²) >= 11 is 0. The van der Waals surface area contributed by atoms with Gasteiger partial charge in [-0.3, -0.25) is 0 Å². The second-order valence-corrected chi connectivity index (χ2v) is 4.85. The zero-order valence-electron chi connectivity index (χ0n) is 8.19. The molecule has 1 heterocycles. The van der Waals surface area contributed by atoms with Crippen molar-refractivity contribution >= 4 is 10.0 Å². The molecule has 0 radical (unpaired) electrons. The maximum atomic E-state index is 11.5. The SMILES string of the molecule is CN(C)CCNS(=O)(=O)c1cnc[nH]1. The van der Waals surface area contributed by atoms with Crippen LogP contribution in [0.15, 0.2) is 17.6 Å². The Balaban J connectivity index is 2.52. The van der Waals surface area contributed by atoms with Crippen LogP contribution in [0.3, 0.4) is 0 Å². The van der Waals surface area contributed by atoms with Crippen LogP contribution in [-0.4, -0.2) is 50.5 Å². The molecular formula is C7H14N4O2S. The summed E-state index contributed by atoms with van der Waals surface area (Å²) in [5.74, 6) is 0. The molecule has 0 aliphatic rings. The highest BCUT2D eigenvalue weighted by Gasteiger charge is 2.13. The first-order valence-electron chi connectivity index (χ1n) is 4.15. The van der Waals surface area contributed by atoms with Crippen molar-refractivity contribution in [3.8, 4) is 0 Å². The van der Waals surface area contributed by atoms with Crippen molar-refractivity contribution in [1.29, 1.82) is 0 Å². The summed E-state index contributed by atoms with van der Waals surface area (Å²) < 4.78 is 25.4. The van der Waals surface area contributed by atoms with Crippen LogP contribution in [0.4, 0.5) is 0 Å². The molecule has 0 unspecified atom stereocenters. The van der Waals surface area contributed by atoms with Gasteiger partial charge < -0.3 is 9.88 Å². The van der Waals surface area contributed by atoms with E-state index in [4.69, 9.17) is 0 Å². The van der Waals surface area contributed by atoms with Gasteiger partial charge in [-0.1, -0.05) is 0 Å². The molecule has 0 aliphatic heterocycles. The molecule has 80 valence electrons. The maximum absolute atomic E-state index is 11.5. The highest BCUT2D eigenvalue weighted by atomic mass is 32.2. The van der Waals surface area contributed by atoms with Gasteiger partial charge in [0.25, 0.3) is 10.0 Å². The zero-order chi connectivity index (χ0) is 10.6. The van der Waals surface area contributed by atoms with Crippen LogP contribution < -0.4 is 4.72 Å². The first-order valence-corrected chi connectivity index (χ1v) is 5.63. The predicted molar refractivity (Wildman–Crippen MR) is 52.3 cm³/mol. The van der Waals surface area contributed by atoms with E-state index in [0.717, 1.165) is 0 Å². The van der Waals surface area contributed by atoms with E-state index >= 15 is 0 Å². The molecule has 0 spiro atoms. The minimum Gasteiger partial charge on any atom is -0.335 e. The Kier molecular flexibility index (Phi) is 3.62. The van der Waals surface area contributed by atoms with E-state index in [1.54, 1.807) is 0 Å². The average molecular weight is 218 g/mol. The molecule has 6 nitrogen and oxygen atoms in total. The highest BCUT2D eigenvalue weighted by molar-refractivity contribution is 7.89. The van der Waals surface area contributed by atoms with Crippen LogP contribution in [-0.2, 0) is 10.0 Å². The summed E-state index contributed by atoms with van der Waals surface area (Å²) in [4.78, 5) is 8.09. The van der Waals surface area contributed by atoms with Crippen molar-refractivity contribution in [2.45, 2.75) is 5.03 Å². The van der Waals surface area contributed by atoms with Crippen molar-refractivity contribution in [1.82, 2.24) is 19.6 Å². The number of hydrogen-bond donors (Lipinski definition) is 2. The smallest absolute Gasteiger partial charge is 0.257 e. The third-order valence-corrected chi connectivity index (χ3v) is 3.00. The largest absolute Gasteiger partial charge is 0.335 e. The molecule has 0 bridgehead atoms. The fourth-order valence-electron chi connectivity index (χ4n) is 0.871. The van der Waals surface area contributed by atoms with Crippen LogP contribution >= 0.6 is 0 Å². The van der Waals surface area contributed by atoms with Gasteiger partial charge in [0.05, 0.1) is 12.5 Å². The van der Waals surface area contributed by atoms with Crippen LogP contribution in [0.25, 0.3) is 0 Å². The lowest BCUT2D eigenvalue weighted by Crippen LogP contribution is -2.31. The van der Waals surface area contributed by atoms with Crippen molar-refractivity contribution in [3.05, 3.63) is 12.5 Å². The number of imidazole rings is 1. The quantitative estimate of drug-likeness (QED) is 0.681. The molecule has 1 aromatic rings. The van der Waals surface area contributed by atoms with Gasteiger partial charge in [0, 0.05) is 13.1 Å². The molecule has 14 heavy (non-hydrogen) atoms. The van der Waals surface area contributed by atoms with Crippen molar-refractivity contribution < 1.29 is 8.42 Å². The van der Waals surface area contributed by atoms with Gasteiger partial charge in [0.1, 0.15) is 0 Å². The lowest BCUT2D eigenvalue weighted by atomic mass is 10.6. The van der Waals surface area contributed by atoms with E-state index in [1.807, 2.05) is 19.0 Å². The number of likely N-dealkylation sites (N-methyl/N-ethyl adjacent to an activating group) is 1. The lowest BCUT2D eigenvalue weighted by Gasteiger charge is -2.09. The number of sulfonamides is 1. The summed E-state index contributed by atoms with van der Waals surface area (Å²) in [5, 5.41) is 0.0938. The van der Waals surface area contributed by atoms with Gasteiger partial charge in [-0.25, -0.2) is 18.1 Å². The maximum Gasteiger partial charge on any atom is 0.257 e. The monoisotopic (exact) mass is 218 g/mol. The van der Waals surface area contributed by atoms with Gasteiger partial charge in [0.15, 0.2) is 5.03 Å². The molecule has 7 heteroatoms. The molecule has 0 amide bonds. The van der Waals surface area contributed by atoms with Crippen molar-refractivity contribution in [3.63, 3.8) is 0 Å². The number of aromatic amines is 1. The topological polar surface area (TPSA) is 78.1 Å². The Labute approximate surface area is 83.4 Å². The minimum atomic E-state index is -3.41. The third-order valence-electron chi connectivity index (χ3n) is 1.61. The summed E-state index contributed by atoms with van der Waals surface area (Å²) in [6.07, 6.45) is 2.61. The van der Waals surface area contributed by atoms with Gasteiger partial charge in [-0.15, -0.1) is 0 Å². The Bertz CT molecular complexity index is 357. The molecule has 0 aliphatic carbocycles. The molecule has 1 rings (SSSR count). The lowest BCUT2D eigenvalue weighted by molar-refractivity contribution is 0.412. The third kappa shape index (κ3) is 3.09. The minimum absolute atomic E-state index is 0.0938. The van der Waals surface area contributed by atoms with E-state index in [9.17, 15) is 8.42 Å². The molecule has 1 aromatic heterocycles. The molecule has 0 fully saturated rings. The van der Waals surface area contributed by atoms with Crippen LogP contribution in [0, 0.1) is 0 Å². The molecule has 0 saturated heterocycles. The second kappa shape index (κ2) is 4.54. The fraction of sp³-hybridized carbons (Fsp3) is 0.571. The van der Waals surface area contributed by atoms with Crippen molar-refractivity contribution in [2.75, 3.05) is 27.2 Å². The number of rotatable bonds is 5. The van der Waals surface area contributed by atoms with Gasteiger partial charge in [-0.05, 0) is 14.1 Å². The number of aromatic nitrogens is 2. The summed E-state index contributed by atoms with van der Waals surface area (Å²) in [6.45, 7) is 1.04. The Morgan fingerprint density at radius 2 is 2.29 bits per heavy atom. The Hall–Kier alpha value is -0.920. The molecular weight excluding hydrogens is 204 g/mol. The highest BCUT2D eigenvalue weighted by Crippen LogP contribution is 2.00. The molecule has 0 aromatic carbocycles. The van der Waals surface area contributed by atoms with Crippen LogP contribution in [0.2, 0.25) is 0 Å². The normalized spacial score (nSPS) is 12.2. The molecule has 2 N–H and O–H groups in total. The fourth-order valence-corrected chi connectivity index (χ4v) is 1.79.